The van der Waals surface area contributed by atoms with Crippen molar-refractivity contribution in [2.24, 2.45) is 0 Å². The molecule has 0 bridgehead atoms. The Labute approximate surface area is 166 Å². The minimum Gasteiger partial charge on any atom is -0.484 e. The van der Waals surface area contributed by atoms with Gasteiger partial charge in [0.05, 0.1) is 5.56 Å². The van der Waals surface area contributed by atoms with Crippen molar-refractivity contribution in [1.29, 1.82) is 0 Å². The number of halogens is 3. The smallest absolute Gasteiger partial charge is 0.416 e. The van der Waals surface area contributed by atoms with E-state index in [1.807, 2.05) is 18.2 Å². The number of rotatable bonds is 5. The van der Waals surface area contributed by atoms with Crippen LogP contribution in [0.5, 0.6) is 5.75 Å². The number of ether oxygens (including phenoxy) is 1. The predicted molar refractivity (Wildman–Crippen MR) is 100 cm³/mol. The molecule has 1 aliphatic rings. The number of benzene rings is 2. The van der Waals surface area contributed by atoms with Gasteiger partial charge in [0.25, 0.3) is 11.8 Å². The number of hydrogen-bond donors (Lipinski definition) is 1. The Morgan fingerprint density at radius 1 is 1.00 bits per heavy atom. The van der Waals surface area contributed by atoms with Gasteiger partial charge in [-0.25, -0.2) is 0 Å². The van der Waals surface area contributed by atoms with E-state index < -0.39 is 17.6 Å². The molecule has 5 nitrogen and oxygen atoms in total. The third-order valence-electron chi connectivity index (χ3n) is 4.76. The second kappa shape index (κ2) is 8.98. The molecule has 0 atom stereocenters. The van der Waals surface area contributed by atoms with E-state index in [1.165, 1.54) is 0 Å². The molecule has 1 aliphatic heterocycles. The maximum atomic E-state index is 12.6. The van der Waals surface area contributed by atoms with E-state index in [1.54, 1.807) is 17.0 Å². The van der Waals surface area contributed by atoms with Crippen molar-refractivity contribution in [2.45, 2.75) is 25.1 Å². The number of para-hydroxylation sites is 1. The van der Waals surface area contributed by atoms with Crippen molar-refractivity contribution in [3.8, 4) is 5.75 Å². The molecular formula is C21H21F3N2O3. The fraction of sp³-hybridized carbons (Fsp3) is 0.333. The number of piperidine rings is 1. The molecule has 8 heteroatoms. The lowest BCUT2D eigenvalue weighted by molar-refractivity contribution is -0.137. The molecule has 2 amide bonds. The number of nitrogens with zero attached hydrogens (tertiary/aromatic N) is 1. The molecule has 1 heterocycles. The monoisotopic (exact) mass is 406 g/mol. The molecule has 1 N–H and O–H groups in total. The lowest BCUT2D eigenvalue weighted by Gasteiger charge is -2.32. The summed E-state index contributed by atoms with van der Waals surface area (Å²) in [5.41, 5.74) is -0.619. The fourth-order valence-electron chi connectivity index (χ4n) is 3.11. The third kappa shape index (κ3) is 5.73. The van der Waals surface area contributed by atoms with Gasteiger partial charge in [-0.3, -0.25) is 9.59 Å². The topological polar surface area (TPSA) is 58.6 Å². The second-order valence-electron chi connectivity index (χ2n) is 6.81. The van der Waals surface area contributed by atoms with Crippen LogP contribution in [0.15, 0.2) is 54.6 Å². The van der Waals surface area contributed by atoms with Crippen LogP contribution >= 0.6 is 0 Å². The standard InChI is InChI=1S/C21H21F3N2O3/c22-21(23,24)16-8-6-15(7-9-16)20(28)25-17-10-12-26(13-11-17)19(27)14-29-18-4-2-1-3-5-18/h1-9,17H,10-14H2,(H,25,28). The molecule has 0 saturated carbocycles. The number of nitrogens with one attached hydrogen (secondary N) is 1. The Morgan fingerprint density at radius 2 is 1.62 bits per heavy atom. The van der Waals surface area contributed by atoms with Gasteiger partial charge in [-0.15, -0.1) is 0 Å². The number of amides is 2. The summed E-state index contributed by atoms with van der Waals surface area (Å²) in [5, 5.41) is 2.82. The minimum absolute atomic E-state index is 0.0490. The van der Waals surface area contributed by atoms with Gasteiger partial charge in [0.15, 0.2) is 6.61 Å². The summed E-state index contributed by atoms with van der Waals surface area (Å²) in [6.45, 7) is 0.913. The first-order valence-electron chi connectivity index (χ1n) is 9.26. The second-order valence-corrected chi connectivity index (χ2v) is 6.81. The van der Waals surface area contributed by atoms with Gasteiger partial charge in [0.2, 0.25) is 0 Å². The van der Waals surface area contributed by atoms with Gasteiger partial charge >= 0.3 is 6.18 Å². The first kappa shape index (κ1) is 20.7. The van der Waals surface area contributed by atoms with Crippen molar-refractivity contribution in [1.82, 2.24) is 10.2 Å². The minimum atomic E-state index is -4.43. The van der Waals surface area contributed by atoms with Crippen LogP contribution in [-0.2, 0) is 11.0 Å². The Morgan fingerprint density at radius 3 is 2.21 bits per heavy atom. The normalized spacial score (nSPS) is 15.1. The van der Waals surface area contributed by atoms with Gasteiger partial charge < -0.3 is 15.0 Å². The Kier molecular flexibility index (Phi) is 6.41. The van der Waals surface area contributed by atoms with Crippen LogP contribution in [0, 0.1) is 0 Å². The third-order valence-corrected chi connectivity index (χ3v) is 4.76. The molecule has 0 spiro atoms. The van der Waals surface area contributed by atoms with E-state index in [-0.39, 0.29) is 24.1 Å². The van der Waals surface area contributed by atoms with Gasteiger partial charge in [-0.1, -0.05) is 18.2 Å². The van der Waals surface area contributed by atoms with Crippen LogP contribution in [0.4, 0.5) is 13.2 Å². The Balaban J connectivity index is 1.44. The molecule has 3 rings (SSSR count). The maximum absolute atomic E-state index is 12.6. The molecule has 154 valence electrons. The summed E-state index contributed by atoms with van der Waals surface area (Å²) < 4.78 is 43.3. The highest BCUT2D eigenvalue weighted by molar-refractivity contribution is 5.94. The number of hydrogen-bond acceptors (Lipinski definition) is 3. The average molecular weight is 406 g/mol. The zero-order chi connectivity index (χ0) is 20.9. The summed E-state index contributed by atoms with van der Waals surface area (Å²) >= 11 is 0. The zero-order valence-corrected chi connectivity index (χ0v) is 15.6. The summed E-state index contributed by atoms with van der Waals surface area (Å²) in [6, 6.07) is 13.0. The molecule has 0 unspecified atom stereocenters. The fourth-order valence-corrected chi connectivity index (χ4v) is 3.11. The Hall–Kier alpha value is -3.03. The SMILES string of the molecule is O=C(NC1CCN(C(=O)COc2ccccc2)CC1)c1ccc(C(F)(F)F)cc1. The number of carbonyl (C=O) groups excluding carboxylic acids is 2. The van der Waals surface area contributed by atoms with Gasteiger partial charge in [-0.2, -0.15) is 13.2 Å². The lowest BCUT2D eigenvalue weighted by Crippen LogP contribution is -2.47. The summed E-state index contributed by atoms with van der Waals surface area (Å²) in [5.74, 6) is 0.0804. The van der Waals surface area contributed by atoms with Gasteiger partial charge in [-0.05, 0) is 49.2 Å². The molecule has 2 aromatic rings. The highest BCUT2D eigenvalue weighted by atomic mass is 19.4. The van der Waals surface area contributed by atoms with E-state index in [2.05, 4.69) is 5.32 Å². The van der Waals surface area contributed by atoms with Crippen molar-refractivity contribution in [2.75, 3.05) is 19.7 Å². The predicted octanol–water partition coefficient (Wildman–Crippen LogP) is 3.51. The molecule has 1 fully saturated rings. The summed E-state index contributed by atoms with van der Waals surface area (Å²) in [6.07, 6.45) is -3.29. The molecule has 2 aromatic carbocycles. The molecule has 0 aliphatic carbocycles. The van der Waals surface area contributed by atoms with E-state index >= 15 is 0 Å². The van der Waals surface area contributed by atoms with Crippen LogP contribution in [-0.4, -0.2) is 42.5 Å². The van der Waals surface area contributed by atoms with Crippen molar-refractivity contribution >= 4 is 11.8 Å². The van der Waals surface area contributed by atoms with E-state index in [9.17, 15) is 22.8 Å². The number of carbonyl (C=O) groups is 2. The molecule has 1 saturated heterocycles. The van der Waals surface area contributed by atoms with Gasteiger partial charge in [0, 0.05) is 24.7 Å². The van der Waals surface area contributed by atoms with E-state index in [0.717, 1.165) is 24.3 Å². The van der Waals surface area contributed by atoms with Crippen LogP contribution in [0.3, 0.4) is 0 Å². The summed E-state index contributed by atoms with van der Waals surface area (Å²) in [4.78, 5) is 26.2. The largest absolute Gasteiger partial charge is 0.484 e. The van der Waals surface area contributed by atoms with E-state index in [4.69, 9.17) is 4.74 Å². The lowest BCUT2D eigenvalue weighted by atomic mass is 10.0. The van der Waals surface area contributed by atoms with Crippen molar-refractivity contribution in [3.05, 3.63) is 65.7 Å². The molecule has 29 heavy (non-hydrogen) atoms. The highest BCUT2D eigenvalue weighted by Gasteiger charge is 2.30. The number of alkyl halides is 3. The summed E-state index contributed by atoms with van der Waals surface area (Å²) in [7, 11) is 0. The Bertz CT molecular complexity index is 830. The van der Waals surface area contributed by atoms with Crippen molar-refractivity contribution in [3.63, 3.8) is 0 Å². The molecular weight excluding hydrogens is 385 g/mol. The molecule has 0 radical (unpaired) electrons. The van der Waals surface area contributed by atoms with Crippen LogP contribution in [0.2, 0.25) is 0 Å². The van der Waals surface area contributed by atoms with Crippen LogP contribution in [0.1, 0.15) is 28.8 Å². The van der Waals surface area contributed by atoms with Crippen LogP contribution in [0.25, 0.3) is 0 Å². The maximum Gasteiger partial charge on any atom is 0.416 e. The average Bonchev–Trinajstić information content (AvgIpc) is 2.73. The zero-order valence-electron chi connectivity index (χ0n) is 15.6. The highest BCUT2D eigenvalue weighted by Crippen LogP contribution is 2.29. The van der Waals surface area contributed by atoms with Crippen LogP contribution < -0.4 is 10.1 Å². The number of likely N-dealkylation sites (tertiary alicyclic amines) is 1. The van der Waals surface area contributed by atoms with Gasteiger partial charge in [0.1, 0.15) is 5.75 Å². The van der Waals surface area contributed by atoms with Crippen molar-refractivity contribution < 1.29 is 27.5 Å². The first-order valence-corrected chi connectivity index (χ1v) is 9.26. The quantitative estimate of drug-likeness (QED) is 0.827. The first-order chi connectivity index (χ1) is 13.8. The van der Waals surface area contributed by atoms with E-state index in [0.29, 0.717) is 31.7 Å². The molecule has 0 aromatic heterocycles.